The van der Waals surface area contributed by atoms with Crippen LogP contribution in [0.25, 0.3) is 0 Å². The van der Waals surface area contributed by atoms with E-state index in [0.717, 1.165) is 5.56 Å². The topological polar surface area (TPSA) is 131 Å². The summed E-state index contributed by atoms with van der Waals surface area (Å²) in [6, 6.07) is 13.1. The molecule has 0 fully saturated rings. The SMILES string of the molecule is COc1ccc(NC(=O)CN(C)CC(=O)NCCc2ccc(S(N)(=O)=O)cc2)cc1. The minimum Gasteiger partial charge on any atom is -0.497 e. The first-order chi connectivity index (χ1) is 14.2. The Labute approximate surface area is 176 Å². The summed E-state index contributed by atoms with van der Waals surface area (Å²) in [6.07, 6.45) is 0.540. The number of likely N-dealkylation sites (N-methyl/N-ethyl adjacent to an activating group) is 1. The third-order valence-corrected chi connectivity index (χ3v) is 5.12. The number of sulfonamides is 1. The fourth-order valence-electron chi connectivity index (χ4n) is 2.67. The highest BCUT2D eigenvalue weighted by atomic mass is 32.2. The first-order valence-electron chi connectivity index (χ1n) is 9.18. The van der Waals surface area contributed by atoms with Crippen molar-refractivity contribution in [2.75, 3.05) is 39.1 Å². The summed E-state index contributed by atoms with van der Waals surface area (Å²) in [5.41, 5.74) is 1.52. The van der Waals surface area contributed by atoms with Crippen LogP contribution in [-0.4, -0.2) is 58.9 Å². The molecule has 2 amide bonds. The van der Waals surface area contributed by atoms with Gasteiger partial charge in [-0.1, -0.05) is 12.1 Å². The largest absolute Gasteiger partial charge is 0.497 e. The number of anilines is 1. The molecule has 10 heteroatoms. The van der Waals surface area contributed by atoms with E-state index in [1.54, 1.807) is 55.5 Å². The number of benzene rings is 2. The number of rotatable bonds is 10. The van der Waals surface area contributed by atoms with Gasteiger partial charge in [0.1, 0.15) is 5.75 Å². The first kappa shape index (κ1) is 23.3. The molecule has 0 spiro atoms. The zero-order chi connectivity index (χ0) is 22.1. The molecule has 0 aliphatic rings. The zero-order valence-electron chi connectivity index (χ0n) is 16.9. The average molecular weight is 435 g/mol. The Hall–Kier alpha value is -2.95. The monoisotopic (exact) mass is 434 g/mol. The van der Waals surface area contributed by atoms with E-state index in [0.29, 0.717) is 24.4 Å². The first-order valence-corrected chi connectivity index (χ1v) is 10.7. The second-order valence-corrected chi connectivity index (χ2v) is 8.30. The lowest BCUT2D eigenvalue weighted by molar-refractivity contribution is -0.122. The van der Waals surface area contributed by atoms with Crippen molar-refractivity contribution in [3.8, 4) is 5.75 Å². The molecule has 0 saturated heterocycles. The van der Waals surface area contributed by atoms with Crippen molar-refractivity contribution in [2.45, 2.75) is 11.3 Å². The summed E-state index contributed by atoms with van der Waals surface area (Å²) in [5, 5.41) is 10.6. The van der Waals surface area contributed by atoms with Gasteiger partial charge in [-0.2, -0.15) is 0 Å². The van der Waals surface area contributed by atoms with Crippen LogP contribution in [0.2, 0.25) is 0 Å². The van der Waals surface area contributed by atoms with Crippen LogP contribution < -0.4 is 20.5 Å². The van der Waals surface area contributed by atoms with Gasteiger partial charge in [-0.05, 0) is 55.4 Å². The second kappa shape index (κ2) is 10.7. The maximum atomic E-state index is 12.1. The number of nitrogens with zero attached hydrogens (tertiary/aromatic N) is 1. The standard InChI is InChI=1S/C20H26N4O5S/c1-24(14-20(26)23-16-5-7-17(29-2)8-6-16)13-19(25)22-12-11-15-3-9-18(10-4-15)30(21,27)28/h3-10H,11-14H2,1-2H3,(H,22,25)(H,23,26)(H2,21,27,28). The quantitative estimate of drug-likeness (QED) is 0.501. The summed E-state index contributed by atoms with van der Waals surface area (Å²) >= 11 is 0. The molecule has 0 saturated carbocycles. The molecule has 162 valence electrons. The van der Waals surface area contributed by atoms with E-state index in [1.807, 2.05) is 0 Å². The Balaban J connectivity index is 1.70. The summed E-state index contributed by atoms with van der Waals surface area (Å²) in [7, 11) is -0.467. The van der Waals surface area contributed by atoms with Crippen LogP contribution in [0, 0.1) is 0 Å². The Morgan fingerprint density at radius 1 is 1.00 bits per heavy atom. The number of hydrogen-bond acceptors (Lipinski definition) is 6. The zero-order valence-corrected chi connectivity index (χ0v) is 17.7. The smallest absolute Gasteiger partial charge is 0.238 e. The highest BCUT2D eigenvalue weighted by Gasteiger charge is 2.11. The third-order valence-electron chi connectivity index (χ3n) is 4.19. The van der Waals surface area contributed by atoms with Crippen LogP contribution in [0.5, 0.6) is 5.75 Å². The second-order valence-electron chi connectivity index (χ2n) is 6.74. The van der Waals surface area contributed by atoms with Gasteiger partial charge >= 0.3 is 0 Å². The molecule has 0 aromatic heterocycles. The predicted octanol–water partition coefficient (Wildman–Crippen LogP) is 0.572. The van der Waals surface area contributed by atoms with Crippen molar-refractivity contribution in [1.29, 1.82) is 0 Å². The van der Waals surface area contributed by atoms with Crippen molar-refractivity contribution in [3.05, 3.63) is 54.1 Å². The Bertz CT molecular complexity index is 960. The lowest BCUT2D eigenvalue weighted by Gasteiger charge is -2.16. The molecule has 2 rings (SSSR count). The van der Waals surface area contributed by atoms with Crippen molar-refractivity contribution in [3.63, 3.8) is 0 Å². The number of primary sulfonamides is 1. The van der Waals surface area contributed by atoms with Gasteiger partial charge in [0.05, 0.1) is 25.1 Å². The molecular weight excluding hydrogens is 408 g/mol. The minimum absolute atomic E-state index is 0.0461. The lowest BCUT2D eigenvalue weighted by Crippen LogP contribution is -2.39. The van der Waals surface area contributed by atoms with Gasteiger partial charge in [0.2, 0.25) is 21.8 Å². The number of nitrogens with one attached hydrogen (secondary N) is 2. The molecule has 2 aromatic carbocycles. The van der Waals surface area contributed by atoms with E-state index in [1.165, 1.54) is 12.1 Å². The Kier molecular flexibility index (Phi) is 8.34. The number of hydrogen-bond donors (Lipinski definition) is 3. The molecule has 0 aliphatic heterocycles. The van der Waals surface area contributed by atoms with Crippen LogP contribution in [0.4, 0.5) is 5.69 Å². The molecule has 0 bridgehead atoms. The highest BCUT2D eigenvalue weighted by Crippen LogP contribution is 2.14. The lowest BCUT2D eigenvalue weighted by atomic mass is 10.1. The molecule has 0 heterocycles. The van der Waals surface area contributed by atoms with Gasteiger partial charge in [0.25, 0.3) is 0 Å². The van der Waals surface area contributed by atoms with Crippen molar-refractivity contribution in [1.82, 2.24) is 10.2 Å². The van der Waals surface area contributed by atoms with Crippen LogP contribution in [0.3, 0.4) is 0 Å². The van der Waals surface area contributed by atoms with E-state index in [9.17, 15) is 18.0 Å². The fourth-order valence-corrected chi connectivity index (χ4v) is 3.18. The van der Waals surface area contributed by atoms with Crippen LogP contribution in [0.1, 0.15) is 5.56 Å². The van der Waals surface area contributed by atoms with Gasteiger partial charge < -0.3 is 15.4 Å². The van der Waals surface area contributed by atoms with Gasteiger partial charge in [0.15, 0.2) is 0 Å². The van der Waals surface area contributed by atoms with Crippen molar-refractivity contribution < 1.29 is 22.7 Å². The molecule has 2 aromatic rings. The predicted molar refractivity (Wildman–Crippen MR) is 114 cm³/mol. The van der Waals surface area contributed by atoms with Crippen molar-refractivity contribution in [2.24, 2.45) is 5.14 Å². The number of carbonyl (C=O) groups excluding carboxylic acids is 2. The van der Waals surface area contributed by atoms with E-state index < -0.39 is 10.0 Å². The highest BCUT2D eigenvalue weighted by molar-refractivity contribution is 7.89. The van der Waals surface area contributed by atoms with Crippen LogP contribution >= 0.6 is 0 Å². The van der Waals surface area contributed by atoms with Gasteiger partial charge in [0, 0.05) is 12.2 Å². The number of ether oxygens (including phenoxy) is 1. The third kappa shape index (κ3) is 7.82. The van der Waals surface area contributed by atoms with Crippen LogP contribution in [-0.2, 0) is 26.0 Å². The molecule has 30 heavy (non-hydrogen) atoms. The van der Waals surface area contributed by atoms with E-state index in [-0.39, 0.29) is 29.8 Å². The molecule has 9 nitrogen and oxygen atoms in total. The number of nitrogens with two attached hydrogens (primary N) is 1. The summed E-state index contributed by atoms with van der Waals surface area (Å²) in [4.78, 5) is 25.8. The summed E-state index contributed by atoms with van der Waals surface area (Å²) < 4.78 is 27.5. The van der Waals surface area contributed by atoms with Gasteiger partial charge in [-0.15, -0.1) is 0 Å². The average Bonchev–Trinajstić information content (AvgIpc) is 2.68. The molecule has 0 atom stereocenters. The number of amides is 2. The van der Waals surface area contributed by atoms with Crippen molar-refractivity contribution >= 4 is 27.5 Å². The Morgan fingerprint density at radius 2 is 1.60 bits per heavy atom. The van der Waals surface area contributed by atoms with Crippen LogP contribution in [0.15, 0.2) is 53.4 Å². The van der Waals surface area contributed by atoms with Gasteiger partial charge in [-0.3, -0.25) is 14.5 Å². The summed E-state index contributed by atoms with van der Waals surface area (Å²) in [5.74, 6) is 0.253. The van der Waals surface area contributed by atoms with E-state index >= 15 is 0 Å². The minimum atomic E-state index is -3.71. The molecule has 0 aliphatic carbocycles. The van der Waals surface area contributed by atoms with E-state index in [4.69, 9.17) is 9.88 Å². The normalized spacial score (nSPS) is 11.2. The maximum absolute atomic E-state index is 12.1. The Morgan fingerprint density at radius 3 is 2.17 bits per heavy atom. The number of carbonyl (C=O) groups is 2. The number of methoxy groups -OCH3 is 1. The van der Waals surface area contributed by atoms with E-state index in [2.05, 4.69) is 10.6 Å². The molecule has 0 radical (unpaired) electrons. The van der Waals surface area contributed by atoms with Gasteiger partial charge in [-0.25, -0.2) is 13.6 Å². The molecule has 0 unspecified atom stereocenters. The maximum Gasteiger partial charge on any atom is 0.238 e. The molecule has 4 N–H and O–H groups in total. The summed E-state index contributed by atoms with van der Waals surface area (Å²) in [6.45, 7) is 0.522. The fraction of sp³-hybridized carbons (Fsp3) is 0.300. The molecular formula is C20H26N4O5S.